The molecule has 0 spiro atoms. The third kappa shape index (κ3) is 2.56. The zero-order chi connectivity index (χ0) is 13.2. The van der Waals surface area contributed by atoms with Crippen LogP contribution in [0.3, 0.4) is 0 Å². The number of hydrogen-bond donors (Lipinski definition) is 2. The van der Waals surface area contributed by atoms with Gasteiger partial charge in [0.2, 0.25) is 0 Å². The number of rotatable bonds is 2. The molecule has 19 heavy (non-hydrogen) atoms. The van der Waals surface area contributed by atoms with Crippen LogP contribution < -0.4 is 5.32 Å². The summed E-state index contributed by atoms with van der Waals surface area (Å²) < 4.78 is 0. The average molecular weight is 255 g/mol. The Morgan fingerprint density at radius 3 is 2.74 bits per heavy atom. The molecule has 1 fully saturated rings. The predicted molar refractivity (Wildman–Crippen MR) is 78.3 cm³/mol. The number of piperidine rings is 1. The van der Waals surface area contributed by atoms with Gasteiger partial charge in [-0.1, -0.05) is 17.7 Å². The summed E-state index contributed by atoms with van der Waals surface area (Å²) in [5.74, 6) is 1.73. The summed E-state index contributed by atoms with van der Waals surface area (Å²) >= 11 is 0. The first-order valence-electron chi connectivity index (χ1n) is 7.07. The Balaban J connectivity index is 1.89. The highest BCUT2D eigenvalue weighted by molar-refractivity contribution is 5.63. The van der Waals surface area contributed by atoms with E-state index in [9.17, 15) is 0 Å². The lowest BCUT2D eigenvalue weighted by Gasteiger charge is -2.20. The van der Waals surface area contributed by atoms with Crippen LogP contribution in [-0.4, -0.2) is 23.1 Å². The van der Waals surface area contributed by atoms with E-state index in [1.54, 1.807) is 0 Å². The molecule has 3 nitrogen and oxygen atoms in total. The predicted octanol–water partition coefficient (Wildman–Crippen LogP) is 3.16. The molecule has 0 aliphatic carbocycles. The Morgan fingerprint density at radius 2 is 1.95 bits per heavy atom. The maximum atomic E-state index is 4.60. The van der Waals surface area contributed by atoms with Crippen molar-refractivity contribution in [3.05, 3.63) is 41.3 Å². The van der Waals surface area contributed by atoms with Crippen LogP contribution in [0.4, 0.5) is 0 Å². The van der Waals surface area contributed by atoms with Gasteiger partial charge in [0.25, 0.3) is 0 Å². The number of aryl methyl sites for hydroxylation is 2. The molecule has 0 radical (unpaired) electrons. The van der Waals surface area contributed by atoms with Crippen molar-refractivity contribution in [2.75, 3.05) is 13.1 Å². The van der Waals surface area contributed by atoms with E-state index in [1.807, 2.05) is 6.20 Å². The highest BCUT2D eigenvalue weighted by Crippen LogP contribution is 2.27. The second-order valence-corrected chi connectivity index (χ2v) is 5.52. The molecule has 2 heterocycles. The largest absolute Gasteiger partial charge is 0.342 e. The lowest BCUT2D eigenvalue weighted by atomic mass is 9.97. The van der Waals surface area contributed by atoms with Gasteiger partial charge in [-0.25, -0.2) is 4.98 Å². The van der Waals surface area contributed by atoms with Gasteiger partial charge in [0.1, 0.15) is 5.82 Å². The Bertz CT molecular complexity index is 565. The van der Waals surface area contributed by atoms with Crippen LogP contribution in [0.1, 0.15) is 35.7 Å². The smallest absolute Gasteiger partial charge is 0.109 e. The molecule has 0 bridgehead atoms. The van der Waals surface area contributed by atoms with Gasteiger partial charge in [0.05, 0.1) is 11.9 Å². The third-order valence-electron chi connectivity index (χ3n) is 4.00. The Morgan fingerprint density at radius 1 is 1.16 bits per heavy atom. The maximum absolute atomic E-state index is 4.60. The summed E-state index contributed by atoms with van der Waals surface area (Å²) in [5.41, 5.74) is 5.01. The average Bonchev–Trinajstić information content (AvgIpc) is 2.92. The molecule has 0 unspecified atom stereocenters. The molecule has 2 aromatic rings. The second-order valence-electron chi connectivity index (χ2n) is 5.52. The van der Waals surface area contributed by atoms with E-state index in [2.05, 4.69) is 47.3 Å². The van der Waals surface area contributed by atoms with Crippen LogP contribution in [0, 0.1) is 13.8 Å². The lowest BCUT2D eigenvalue weighted by molar-refractivity contribution is 0.447. The number of hydrogen-bond acceptors (Lipinski definition) is 2. The number of nitrogens with one attached hydrogen (secondary N) is 2. The van der Waals surface area contributed by atoms with Crippen molar-refractivity contribution in [2.24, 2.45) is 0 Å². The van der Waals surface area contributed by atoms with Crippen molar-refractivity contribution in [3.8, 4) is 11.3 Å². The lowest BCUT2D eigenvalue weighted by Crippen LogP contribution is -2.27. The fourth-order valence-electron chi connectivity index (χ4n) is 2.80. The number of H-pyrrole nitrogens is 1. The van der Waals surface area contributed by atoms with Crippen LogP contribution >= 0.6 is 0 Å². The van der Waals surface area contributed by atoms with E-state index in [1.165, 1.54) is 29.5 Å². The first-order chi connectivity index (χ1) is 9.24. The van der Waals surface area contributed by atoms with Crippen LogP contribution in [0.25, 0.3) is 11.3 Å². The molecule has 1 aromatic heterocycles. The molecule has 0 amide bonds. The van der Waals surface area contributed by atoms with E-state index >= 15 is 0 Å². The van der Waals surface area contributed by atoms with Crippen molar-refractivity contribution in [1.29, 1.82) is 0 Å². The second kappa shape index (κ2) is 5.17. The minimum absolute atomic E-state index is 0.583. The molecule has 100 valence electrons. The standard InChI is InChI=1S/C16H21N3/c1-11-3-4-12(2)14(9-11)15-10-18-16(19-15)13-5-7-17-8-6-13/h3-4,9-10,13,17H,5-8H2,1-2H3,(H,18,19). The number of aromatic nitrogens is 2. The fraction of sp³-hybridized carbons (Fsp3) is 0.438. The Hall–Kier alpha value is -1.61. The minimum atomic E-state index is 0.583. The van der Waals surface area contributed by atoms with Crippen molar-refractivity contribution >= 4 is 0 Å². The summed E-state index contributed by atoms with van der Waals surface area (Å²) in [7, 11) is 0. The molecular formula is C16H21N3. The number of nitrogens with zero attached hydrogens (tertiary/aromatic N) is 1. The van der Waals surface area contributed by atoms with Crippen molar-refractivity contribution in [2.45, 2.75) is 32.6 Å². The van der Waals surface area contributed by atoms with E-state index in [4.69, 9.17) is 0 Å². The topological polar surface area (TPSA) is 40.7 Å². The zero-order valence-corrected chi connectivity index (χ0v) is 11.7. The molecule has 0 atom stereocenters. The van der Waals surface area contributed by atoms with E-state index in [0.29, 0.717) is 5.92 Å². The molecule has 3 rings (SSSR count). The molecule has 1 aromatic carbocycles. The molecule has 1 saturated heterocycles. The van der Waals surface area contributed by atoms with Gasteiger partial charge >= 0.3 is 0 Å². The molecule has 0 saturated carbocycles. The number of benzene rings is 1. The Labute approximate surface area is 114 Å². The van der Waals surface area contributed by atoms with E-state index in [-0.39, 0.29) is 0 Å². The van der Waals surface area contributed by atoms with E-state index in [0.717, 1.165) is 24.6 Å². The van der Waals surface area contributed by atoms with Gasteiger partial charge in [0, 0.05) is 11.5 Å². The van der Waals surface area contributed by atoms with Crippen LogP contribution in [0.2, 0.25) is 0 Å². The number of aromatic amines is 1. The fourth-order valence-corrected chi connectivity index (χ4v) is 2.80. The van der Waals surface area contributed by atoms with Gasteiger partial charge in [-0.3, -0.25) is 0 Å². The molecule has 2 N–H and O–H groups in total. The summed E-state index contributed by atoms with van der Waals surface area (Å²) in [6.45, 7) is 6.49. The molecular weight excluding hydrogens is 234 g/mol. The highest BCUT2D eigenvalue weighted by Gasteiger charge is 2.18. The first-order valence-corrected chi connectivity index (χ1v) is 7.07. The maximum Gasteiger partial charge on any atom is 0.109 e. The summed E-state index contributed by atoms with van der Waals surface area (Å²) in [6, 6.07) is 6.56. The Kier molecular flexibility index (Phi) is 3.38. The van der Waals surface area contributed by atoms with Crippen molar-refractivity contribution in [1.82, 2.24) is 15.3 Å². The molecule has 1 aliphatic heterocycles. The van der Waals surface area contributed by atoms with Gasteiger partial charge in [-0.15, -0.1) is 0 Å². The SMILES string of the molecule is Cc1ccc(C)c(-c2cnc(C3CCNCC3)[nH]2)c1. The van der Waals surface area contributed by atoms with Crippen molar-refractivity contribution < 1.29 is 0 Å². The normalized spacial score (nSPS) is 16.7. The van der Waals surface area contributed by atoms with Crippen molar-refractivity contribution in [3.63, 3.8) is 0 Å². The monoisotopic (exact) mass is 255 g/mol. The quantitative estimate of drug-likeness (QED) is 0.865. The van der Waals surface area contributed by atoms with Crippen LogP contribution in [0.15, 0.2) is 24.4 Å². The van der Waals surface area contributed by atoms with Gasteiger partial charge in [-0.2, -0.15) is 0 Å². The number of imidazole rings is 1. The molecule has 1 aliphatic rings. The van der Waals surface area contributed by atoms with Crippen LogP contribution in [-0.2, 0) is 0 Å². The van der Waals surface area contributed by atoms with Crippen LogP contribution in [0.5, 0.6) is 0 Å². The molecule has 3 heteroatoms. The summed E-state index contributed by atoms with van der Waals surface area (Å²) in [5, 5.41) is 3.40. The first kappa shape index (κ1) is 12.4. The zero-order valence-electron chi connectivity index (χ0n) is 11.7. The minimum Gasteiger partial charge on any atom is -0.342 e. The van der Waals surface area contributed by atoms with E-state index < -0.39 is 0 Å². The highest BCUT2D eigenvalue weighted by atomic mass is 14.9. The van der Waals surface area contributed by atoms with Gasteiger partial charge < -0.3 is 10.3 Å². The van der Waals surface area contributed by atoms with Gasteiger partial charge in [-0.05, 0) is 51.4 Å². The summed E-state index contributed by atoms with van der Waals surface area (Å²) in [4.78, 5) is 8.13. The van der Waals surface area contributed by atoms with Gasteiger partial charge in [0.15, 0.2) is 0 Å². The third-order valence-corrected chi connectivity index (χ3v) is 4.00. The summed E-state index contributed by atoms with van der Waals surface area (Å²) in [6.07, 6.45) is 4.35.